The van der Waals surface area contributed by atoms with Gasteiger partial charge in [-0.15, -0.1) is 0 Å². The Morgan fingerprint density at radius 3 is 2.50 bits per heavy atom. The molecule has 0 atom stereocenters. The number of halogens is 1. The first-order chi connectivity index (χ1) is 7.56. The quantitative estimate of drug-likeness (QED) is 0.733. The molecule has 0 spiro atoms. The highest BCUT2D eigenvalue weighted by atomic mass is 19.1. The number of imide groups is 1. The van der Waals surface area contributed by atoms with Crippen LogP contribution in [-0.2, 0) is 9.59 Å². The summed E-state index contributed by atoms with van der Waals surface area (Å²) in [4.78, 5) is 22.4. The van der Waals surface area contributed by atoms with Crippen LogP contribution in [0.15, 0.2) is 18.2 Å². The maximum absolute atomic E-state index is 13.6. The fourth-order valence-corrected chi connectivity index (χ4v) is 1.97. The highest BCUT2D eigenvalue weighted by Gasteiger charge is 2.27. The van der Waals surface area contributed by atoms with Crippen molar-refractivity contribution in [3.05, 3.63) is 35.1 Å². The number of piperidine rings is 1. The molecule has 1 aromatic carbocycles. The molecule has 1 aromatic rings. The predicted octanol–water partition coefficient (Wildman–Crippen LogP) is 1.65. The van der Waals surface area contributed by atoms with E-state index in [0.717, 1.165) is 5.56 Å². The highest BCUT2D eigenvalue weighted by Crippen LogP contribution is 2.28. The average Bonchev–Trinajstić information content (AvgIpc) is 2.20. The van der Waals surface area contributed by atoms with Gasteiger partial charge in [0.25, 0.3) is 0 Å². The number of benzene rings is 1. The van der Waals surface area contributed by atoms with E-state index in [1.54, 1.807) is 12.1 Å². The van der Waals surface area contributed by atoms with Crippen molar-refractivity contribution in [3.8, 4) is 0 Å². The van der Waals surface area contributed by atoms with Crippen LogP contribution in [0.2, 0.25) is 0 Å². The Hall–Kier alpha value is -1.71. The monoisotopic (exact) mass is 221 g/mol. The van der Waals surface area contributed by atoms with Crippen molar-refractivity contribution >= 4 is 11.8 Å². The van der Waals surface area contributed by atoms with E-state index in [-0.39, 0.29) is 36.4 Å². The lowest BCUT2D eigenvalue weighted by molar-refractivity contribution is -0.133. The lowest BCUT2D eigenvalue weighted by Gasteiger charge is -2.21. The molecule has 0 radical (unpaired) electrons. The minimum atomic E-state index is -0.349. The molecule has 4 heteroatoms. The standard InChI is InChI=1S/C12H12FNO2/c1-7-2-3-10(13)9(4-7)8-5-11(15)14-12(16)6-8/h2-4,8H,5-6H2,1H3,(H,14,15,16). The van der Waals surface area contributed by atoms with Gasteiger partial charge in [0, 0.05) is 18.8 Å². The Kier molecular flexibility index (Phi) is 2.73. The van der Waals surface area contributed by atoms with Crippen molar-refractivity contribution in [2.45, 2.75) is 25.7 Å². The normalized spacial score (nSPS) is 17.4. The van der Waals surface area contributed by atoms with Gasteiger partial charge in [-0.1, -0.05) is 17.7 Å². The third kappa shape index (κ3) is 2.10. The molecule has 2 rings (SSSR count). The van der Waals surface area contributed by atoms with Crippen molar-refractivity contribution in [2.24, 2.45) is 0 Å². The van der Waals surface area contributed by atoms with Crippen molar-refractivity contribution in [1.82, 2.24) is 5.32 Å². The molecule has 1 heterocycles. The van der Waals surface area contributed by atoms with E-state index >= 15 is 0 Å². The van der Waals surface area contributed by atoms with Crippen molar-refractivity contribution in [3.63, 3.8) is 0 Å². The van der Waals surface area contributed by atoms with E-state index in [0.29, 0.717) is 5.56 Å². The van der Waals surface area contributed by atoms with Gasteiger partial charge in [-0.25, -0.2) is 4.39 Å². The van der Waals surface area contributed by atoms with Gasteiger partial charge in [0.1, 0.15) is 5.82 Å². The zero-order valence-corrected chi connectivity index (χ0v) is 8.92. The first-order valence-corrected chi connectivity index (χ1v) is 5.15. The smallest absolute Gasteiger partial charge is 0.227 e. The maximum Gasteiger partial charge on any atom is 0.227 e. The largest absolute Gasteiger partial charge is 0.296 e. The summed E-state index contributed by atoms with van der Waals surface area (Å²) in [7, 11) is 0. The molecule has 1 aliphatic rings. The molecule has 0 unspecified atom stereocenters. The number of amides is 2. The fraction of sp³-hybridized carbons (Fsp3) is 0.333. The minimum Gasteiger partial charge on any atom is -0.296 e. The molecular formula is C12H12FNO2. The second-order valence-corrected chi connectivity index (χ2v) is 4.10. The van der Waals surface area contributed by atoms with E-state index < -0.39 is 0 Å². The third-order valence-corrected chi connectivity index (χ3v) is 2.73. The summed E-state index contributed by atoms with van der Waals surface area (Å²) in [5.41, 5.74) is 1.39. The number of carbonyl (C=O) groups is 2. The van der Waals surface area contributed by atoms with Crippen LogP contribution in [-0.4, -0.2) is 11.8 Å². The van der Waals surface area contributed by atoms with Gasteiger partial charge in [0.15, 0.2) is 0 Å². The SMILES string of the molecule is Cc1ccc(F)c(C2CC(=O)NC(=O)C2)c1. The van der Waals surface area contributed by atoms with E-state index in [2.05, 4.69) is 5.32 Å². The summed E-state index contributed by atoms with van der Waals surface area (Å²) in [6.45, 7) is 1.85. The van der Waals surface area contributed by atoms with Crippen molar-refractivity contribution < 1.29 is 14.0 Å². The van der Waals surface area contributed by atoms with Crippen molar-refractivity contribution in [1.29, 1.82) is 0 Å². The summed E-state index contributed by atoms with van der Waals surface area (Å²) in [5, 5.41) is 2.21. The molecule has 1 fully saturated rings. The molecule has 1 aliphatic heterocycles. The lowest BCUT2D eigenvalue weighted by Crippen LogP contribution is -2.37. The lowest BCUT2D eigenvalue weighted by atomic mass is 9.88. The summed E-state index contributed by atoms with van der Waals surface area (Å²) in [6, 6.07) is 4.75. The van der Waals surface area contributed by atoms with Gasteiger partial charge in [-0.3, -0.25) is 14.9 Å². The van der Waals surface area contributed by atoms with Crippen LogP contribution in [0.25, 0.3) is 0 Å². The van der Waals surface area contributed by atoms with E-state index in [1.807, 2.05) is 6.92 Å². The molecule has 0 saturated carbocycles. The average molecular weight is 221 g/mol. The second kappa shape index (κ2) is 4.04. The van der Waals surface area contributed by atoms with E-state index in [1.165, 1.54) is 6.07 Å². The molecule has 0 aliphatic carbocycles. The van der Waals surface area contributed by atoms with Gasteiger partial charge in [-0.05, 0) is 18.6 Å². The Morgan fingerprint density at radius 1 is 1.25 bits per heavy atom. The number of carbonyl (C=O) groups excluding carboxylic acids is 2. The molecule has 16 heavy (non-hydrogen) atoms. The summed E-state index contributed by atoms with van der Waals surface area (Å²) in [5.74, 6) is -1.34. The fourth-order valence-electron chi connectivity index (χ4n) is 1.97. The third-order valence-electron chi connectivity index (χ3n) is 2.73. The molecule has 84 valence electrons. The second-order valence-electron chi connectivity index (χ2n) is 4.10. The Morgan fingerprint density at radius 2 is 1.88 bits per heavy atom. The van der Waals surface area contributed by atoms with Gasteiger partial charge in [0.05, 0.1) is 0 Å². The van der Waals surface area contributed by atoms with E-state index in [9.17, 15) is 14.0 Å². The van der Waals surface area contributed by atoms with Crippen LogP contribution in [0.1, 0.15) is 29.9 Å². The highest BCUT2D eigenvalue weighted by molar-refractivity contribution is 5.98. The molecule has 0 aromatic heterocycles. The molecular weight excluding hydrogens is 209 g/mol. The van der Waals surface area contributed by atoms with Crippen LogP contribution in [0, 0.1) is 12.7 Å². The van der Waals surface area contributed by atoms with Gasteiger partial charge < -0.3 is 0 Å². The maximum atomic E-state index is 13.6. The predicted molar refractivity (Wildman–Crippen MR) is 56.3 cm³/mol. The molecule has 3 nitrogen and oxygen atoms in total. The van der Waals surface area contributed by atoms with Gasteiger partial charge in [0.2, 0.25) is 11.8 Å². The minimum absolute atomic E-state index is 0.173. The Bertz CT molecular complexity index is 440. The molecule has 2 amide bonds. The summed E-state index contributed by atoms with van der Waals surface area (Å²) >= 11 is 0. The summed E-state index contributed by atoms with van der Waals surface area (Å²) in [6.07, 6.45) is 0.345. The van der Waals surface area contributed by atoms with Crippen LogP contribution in [0.5, 0.6) is 0 Å². The molecule has 1 N–H and O–H groups in total. The van der Waals surface area contributed by atoms with E-state index in [4.69, 9.17) is 0 Å². The number of hydrogen-bond acceptors (Lipinski definition) is 2. The summed E-state index contributed by atoms with van der Waals surface area (Å²) < 4.78 is 13.6. The number of rotatable bonds is 1. The molecule has 0 bridgehead atoms. The Labute approximate surface area is 92.7 Å². The van der Waals surface area contributed by atoms with Gasteiger partial charge in [-0.2, -0.15) is 0 Å². The van der Waals surface area contributed by atoms with Crippen molar-refractivity contribution in [2.75, 3.05) is 0 Å². The topological polar surface area (TPSA) is 46.2 Å². The first kappa shape index (κ1) is 10.8. The van der Waals surface area contributed by atoms with Gasteiger partial charge >= 0.3 is 0 Å². The van der Waals surface area contributed by atoms with Crippen LogP contribution in [0.3, 0.4) is 0 Å². The zero-order valence-electron chi connectivity index (χ0n) is 8.92. The molecule has 1 saturated heterocycles. The van der Waals surface area contributed by atoms with Crippen LogP contribution < -0.4 is 5.32 Å². The zero-order chi connectivity index (χ0) is 11.7. The first-order valence-electron chi connectivity index (χ1n) is 5.15. The van der Waals surface area contributed by atoms with Crippen LogP contribution >= 0.6 is 0 Å². The number of aryl methyl sites for hydroxylation is 1. The number of hydrogen-bond donors (Lipinski definition) is 1. The van der Waals surface area contributed by atoms with Crippen LogP contribution in [0.4, 0.5) is 4.39 Å². The Balaban J connectivity index is 2.32. The number of nitrogens with one attached hydrogen (secondary N) is 1.